The van der Waals surface area contributed by atoms with Gasteiger partial charge in [-0.15, -0.1) is 0 Å². The Labute approximate surface area is 105 Å². The number of benzene rings is 1. The Morgan fingerprint density at radius 1 is 1.47 bits per heavy atom. The first kappa shape index (κ1) is 12.6. The maximum absolute atomic E-state index is 5.83. The van der Waals surface area contributed by atoms with E-state index in [0.29, 0.717) is 11.8 Å². The summed E-state index contributed by atoms with van der Waals surface area (Å²) in [5.41, 5.74) is 8.73. The molecular formula is C15H24N2. The van der Waals surface area contributed by atoms with Crippen molar-refractivity contribution in [2.75, 3.05) is 19.6 Å². The van der Waals surface area contributed by atoms with E-state index in [-0.39, 0.29) is 0 Å². The predicted octanol–water partition coefficient (Wildman–Crippen LogP) is 2.61. The van der Waals surface area contributed by atoms with Gasteiger partial charge < -0.3 is 11.1 Å². The summed E-state index contributed by atoms with van der Waals surface area (Å²) in [5.74, 6) is 1.21. The minimum atomic E-state index is 0.520. The SMILES string of the molecule is CCC(CN)c1cccc(C2CCCNC2)c1. The van der Waals surface area contributed by atoms with Gasteiger partial charge in [0.25, 0.3) is 0 Å². The molecule has 0 bridgehead atoms. The zero-order chi connectivity index (χ0) is 12.1. The molecule has 1 fully saturated rings. The lowest BCUT2D eigenvalue weighted by atomic mass is 9.88. The van der Waals surface area contributed by atoms with Crippen molar-refractivity contribution in [3.05, 3.63) is 35.4 Å². The van der Waals surface area contributed by atoms with Gasteiger partial charge in [0.05, 0.1) is 0 Å². The minimum Gasteiger partial charge on any atom is -0.330 e. The molecule has 0 amide bonds. The average Bonchev–Trinajstić information content (AvgIpc) is 2.42. The minimum absolute atomic E-state index is 0.520. The third kappa shape index (κ3) is 3.08. The van der Waals surface area contributed by atoms with Crippen LogP contribution in [0.4, 0.5) is 0 Å². The lowest BCUT2D eigenvalue weighted by molar-refractivity contribution is 0.461. The van der Waals surface area contributed by atoms with Crippen molar-refractivity contribution >= 4 is 0 Å². The molecule has 2 heteroatoms. The van der Waals surface area contributed by atoms with Crippen molar-refractivity contribution < 1.29 is 0 Å². The van der Waals surface area contributed by atoms with E-state index in [1.807, 2.05) is 0 Å². The van der Waals surface area contributed by atoms with Crippen LogP contribution >= 0.6 is 0 Å². The summed E-state index contributed by atoms with van der Waals surface area (Å²) in [6.07, 6.45) is 3.74. The van der Waals surface area contributed by atoms with Crippen LogP contribution in [0.3, 0.4) is 0 Å². The van der Waals surface area contributed by atoms with Crippen LogP contribution in [0.2, 0.25) is 0 Å². The van der Waals surface area contributed by atoms with Crippen LogP contribution < -0.4 is 11.1 Å². The highest BCUT2D eigenvalue weighted by Crippen LogP contribution is 2.27. The van der Waals surface area contributed by atoms with Crippen LogP contribution in [0.1, 0.15) is 49.1 Å². The molecule has 2 nitrogen and oxygen atoms in total. The van der Waals surface area contributed by atoms with E-state index in [4.69, 9.17) is 5.73 Å². The predicted molar refractivity (Wildman–Crippen MR) is 73.4 cm³/mol. The lowest BCUT2D eigenvalue weighted by Gasteiger charge is -2.24. The third-order valence-electron chi connectivity index (χ3n) is 3.93. The Morgan fingerprint density at radius 2 is 2.35 bits per heavy atom. The molecule has 0 saturated carbocycles. The molecule has 0 aromatic heterocycles. The van der Waals surface area contributed by atoms with Crippen molar-refractivity contribution in [2.24, 2.45) is 5.73 Å². The molecule has 94 valence electrons. The zero-order valence-electron chi connectivity index (χ0n) is 10.8. The topological polar surface area (TPSA) is 38.0 Å². The molecule has 1 heterocycles. The molecule has 0 spiro atoms. The Kier molecular flexibility index (Phi) is 4.57. The summed E-state index contributed by atoms with van der Waals surface area (Å²) < 4.78 is 0. The van der Waals surface area contributed by atoms with Crippen molar-refractivity contribution in [2.45, 2.75) is 38.0 Å². The van der Waals surface area contributed by atoms with Gasteiger partial charge in [-0.25, -0.2) is 0 Å². The van der Waals surface area contributed by atoms with Crippen LogP contribution in [0.15, 0.2) is 24.3 Å². The van der Waals surface area contributed by atoms with E-state index >= 15 is 0 Å². The fourth-order valence-electron chi connectivity index (χ4n) is 2.74. The third-order valence-corrected chi connectivity index (χ3v) is 3.93. The molecule has 1 saturated heterocycles. The van der Waals surface area contributed by atoms with Crippen molar-refractivity contribution in [1.82, 2.24) is 5.32 Å². The number of hydrogen-bond acceptors (Lipinski definition) is 2. The van der Waals surface area contributed by atoms with Gasteiger partial charge in [-0.05, 0) is 55.3 Å². The molecule has 0 aliphatic carbocycles. The average molecular weight is 232 g/mol. The van der Waals surface area contributed by atoms with Crippen LogP contribution in [-0.2, 0) is 0 Å². The highest BCUT2D eigenvalue weighted by Gasteiger charge is 2.16. The van der Waals surface area contributed by atoms with Crippen molar-refractivity contribution in [1.29, 1.82) is 0 Å². The van der Waals surface area contributed by atoms with Gasteiger partial charge in [-0.3, -0.25) is 0 Å². The van der Waals surface area contributed by atoms with Crippen LogP contribution in [-0.4, -0.2) is 19.6 Å². The normalized spacial score (nSPS) is 22.4. The molecule has 1 aromatic carbocycles. The van der Waals surface area contributed by atoms with Crippen LogP contribution in [0.5, 0.6) is 0 Å². The van der Waals surface area contributed by atoms with Gasteiger partial charge in [-0.1, -0.05) is 31.2 Å². The maximum atomic E-state index is 5.83. The zero-order valence-corrected chi connectivity index (χ0v) is 10.8. The van der Waals surface area contributed by atoms with Gasteiger partial charge in [-0.2, -0.15) is 0 Å². The summed E-state index contributed by atoms with van der Waals surface area (Å²) in [7, 11) is 0. The molecule has 17 heavy (non-hydrogen) atoms. The molecule has 1 aliphatic heterocycles. The number of nitrogens with one attached hydrogen (secondary N) is 1. The largest absolute Gasteiger partial charge is 0.330 e. The monoisotopic (exact) mass is 232 g/mol. The molecule has 0 radical (unpaired) electrons. The number of piperidine rings is 1. The van der Waals surface area contributed by atoms with E-state index < -0.39 is 0 Å². The maximum Gasteiger partial charge on any atom is 0.00201 e. The van der Waals surface area contributed by atoms with Crippen molar-refractivity contribution in [3.8, 4) is 0 Å². The highest BCUT2D eigenvalue weighted by atomic mass is 14.9. The highest BCUT2D eigenvalue weighted by molar-refractivity contribution is 5.29. The van der Waals surface area contributed by atoms with Crippen molar-refractivity contribution in [3.63, 3.8) is 0 Å². The van der Waals surface area contributed by atoms with E-state index in [1.54, 1.807) is 0 Å². The second-order valence-electron chi connectivity index (χ2n) is 5.05. The first-order valence-electron chi connectivity index (χ1n) is 6.85. The Hall–Kier alpha value is -0.860. The summed E-state index contributed by atoms with van der Waals surface area (Å²) in [6, 6.07) is 9.06. The van der Waals surface area contributed by atoms with Gasteiger partial charge in [0.1, 0.15) is 0 Å². The Bertz CT molecular complexity index is 339. The summed E-state index contributed by atoms with van der Waals surface area (Å²) in [5, 5.41) is 3.49. The number of nitrogens with two attached hydrogens (primary N) is 1. The fourth-order valence-corrected chi connectivity index (χ4v) is 2.74. The first-order valence-corrected chi connectivity index (χ1v) is 6.85. The summed E-state index contributed by atoms with van der Waals surface area (Å²) in [4.78, 5) is 0. The number of rotatable bonds is 4. The van der Waals surface area contributed by atoms with Crippen LogP contribution in [0.25, 0.3) is 0 Å². The molecule has 2 atom stereocenters. The first-order chi connectivity index (χ1) is 8.35. The molecule has 1 aromatic rings. The van der Waals surface area contributed by atoms with Gasteiger partial charge >= 0.3 is 0 Å². The second-order valence-corrected chi connectivity index (χ2v) is 5.05. The van der Waals surface area contributed by atoms with E-state index in [9.17, 15) is 0 Å². The van der Waals surface area contributed by atoms with Gasteiger partial charge in [0.15, 0.2) is 0 Å². The van der Waals surface area contributed by atoms with E-state index in [0.717, 1.165) is 19.5 Å². The number of hydrogen-bond donors (Lipinski definition) is 2. The Morgan fingerprint density at radius 3 is 3.00 bits per heavy atom. The molecule has 2 unspecified atom stereocenters. The van der Waals surface area contributed by atoms with Gasteiger partial charge in [0, 0.05) is 6.54 Å². The van der Waals surface area contributed by atoms with E-state index in [1.165, 1.54) is 30.5 Å². The summed E-state index contributed by atoms with van der Waals surface area (Å²) >= 11 is 0. The molecule has 1 aliphatic rings. The molecule has 3 N–H and O–H groups in total. The smallest absolute Gasteiger partial charge is 0.00201 e. The summed E-state index contributed by atoms with van der Waals surface area (Å²) in [6.45, 7) is 5.27. The lowest BCUT2D eigenvalue weighted by Crippen LogP contribution is -2.28. The fraction of sp³-hybridized carbons (Fsp3) is 0.600. The second kappa shape index (κ2) is 6.18. The molecule has 2 rings (SSSR count). The van der Waals surface area contributed by atoms with Gasteiger partial charge in [0.2, 0.25) is 0 Å². The van der Waals surface area contributed by atoms with Crippen LogP contribution in [0, 0.1) is 0 Å². The quantitative estimate of drug-likeness (QED) is 0.837. The Balaban J connectivity index is 2.15. The molecular weight excluding hydrogens is 208 g/mol. The standard InChI is InChI=1S/C15H24N2/c1-2-12(10-16)13-5-3-6-14(9-13)15-7-4-8-17-11-15/h3,5-6,9,12,15,17H,2,4,7-8,10-11,16H2,1H3. The van der Waals surface area contributed by atoms with E-state index in [2.05, 4.69) is 36.5 Å².